The summed E-state index contributed by atoms with van der Waals surface area (Å²) < 4.78 is 5.36. The Morgan fingerprint density at radius 3 is 2.89 bits per heavy atom. The number of aliphatic hydroxyl groups excluding tert-OH is 1. The molecule has 1 aliphatic heterocycles. The molecule has 3 atom stereocenters. The van der Waals surface area contributed by atoms with Gasteiger partial charge < -0.3 is 14.7 Å². The molecule has 4 heteroatoms. The number of amides is 1. The molecule has 0 spiro atoms. The number of ether oxygens (including phenoxy) is 1. The lowest BCUT2D eigenvalue weighted by Gasteiger charge is -2.50. The summed E-state index contributed by atoms with van der Waals surface area (Å²) in [5.74, 6) is 0.262. The van der Waals surface area contributed by atoms with Gasteiger partial charge in [0.2, 0.25) is 0 Å². The van der Waals surface area contributed by atoms with Crippen molar-refractivity contribution in [2.45, 2.75) is 38.0 Å². The highest BCUT2D eigenvalue weighted by Crippen LogP contribution is 2.39. The number of aliphatic hydroxyl groups is 1. The maximum absolute atomic E-state index is 12.1. The molecule has 0 radical (unpaired) electrons. The molecule has 0 bridgehead atoms. The van der Waals surface area contributed by atoms with Crippen LogP contribution in [0.1, 0.15) is 24.8 Å². The first kappa shape index (κ1) is 12.5. The van der Waals surface area contributed by atoms with Crippen LogP contribution in [0.3, 0.4) is 0 Å². The number of carbonyl (C=O) groups excluding carboxylic acids is 1. The van der Waals surface area contributed by atoms with E-state index in [0.29, 0.717) is 13.0 Å². The quantitative estimate of drug-likeness (QED) is 0.887. The van der Waals surface area contributed by atoms with Crippen molar-refractivity contribution in [1.29, 1.82) is 0 Å². The van der Waals surface area contributed by atoms with E-state index in [-0.39, 0.29) is 24.2 Å². The largest absolute Gasteiger partial charge is 0.445 e. The number of nitrogens with zero attached hydrogens (tertiary/aromatic N) is 1. The van der Waals surface area contributed by atoms with Gasteiger partial charge in [0, 0.05) is 18.5 Å². The first-order valence-corrected chi connectivity index (χ1v) is 6.91. The Morgan fingerprint density at radius 2 is 2.16 bits per heavy atom. The molecule has 2 fully saturated rings. The Hall–Kier alpha value is -1.55. The van der Waals surface area contributed by atoms with Gasteiger partial charge in [-0.1, -0.05) is 30.3 Å². The number of piperidine rings is 1. The zero-order chi connectivity index (χ0) is 13.2. The van der Waals surface area contributed by atoms with E-state index < -0.39 is 0 Å². The summed E-state index contributed by atoms with van der Waals surface area (Å²) >= 11 is 0. The molecule has 1 amide bonds. The van der Waals surface area contributed by atoms with Crippen molar-refractivity contribution in [1.82, 2.24) is 4.90 Å². The first-order chi connectivity index (χ1) is 9.25. The Bertz CT molecular complexity index is 448. The van der Waals surface area contributed by atoms with Crippen LogP contribution in [-0.4, -0.2) is 34.8 Å². The van der Waals surface area contributed by atoms with Gasteiger partial charge in [0.15, 0.2) is 0 Å². The van der Waals surface area contributed by atoms with E-state index in [9.17, 15) is 9.90 Å². The standard InChI is InChI=1S/C15H19NO3/c17-14-9-13-12(14)7-4-8-16(13)15(18)19-10-11-5-2-1-3-6-11/h1-3,5-6,12-14,17H,4,7-10H2/t12-,13-,14-/m1/s1. The van der Waals surface area contributed by atoms with Gasteiger partial charge in [0.05, 0.1) is 6.10 Å². The fourth-order valence-electron chi connectivity index (χ4n) is 3.09. The molecule has 3 rings (SSSR count). The van der Waals surface area contributed by atoms with Crippen LogP contribution in [0.2, 0.25) is 0 Å². The summed E-state index contributed by atoms with van der Waals surface area (Å²) in [6, 6.07) is 9.88. The molecule has 1 aliphatic carbocycles. The number of rotatable bonds is 2. The second-order valence-electron chi connectivity index (χ2n) is 5.41. The summed E-state index contributed by atoms with van der Waals surface area (Å²) in [6.07, 6.45) is 2.21. The van der Waals surface area contributed by atoms with Crippen LogP contribution in [0, 0.1) is 5.92 Å². The summed E-state index contributed by atoms with van der Waals surface area (Å²) in [4.78, 5) is 13.9. The highest BCUT2D eigenvalue weighted by molar-refractivity contribution is 5.68. The van der Waals surface area contributed by atoms with E-state index >= 15 is 0 Å². The summed E-state index contributed by atoms with van der Waals surface area (Å²) in [6.45, 7) is 1.07. The average molecular weight is 261 g/mol. The molecule has 1 saturated carbocycles. The van der Waals surface area contributed by atoms with Crippen molar-refractivity contribution in [3.63, 3.8) is 0 Å². The topological polar surface area (TPSA) is 49.8 Å². The lowest BCUT2D eigenvalue weighted by molar-refractivity contribution is -0.0820. The number of likely N-dealkylation sites (tertiary alicyclic amines) is 1. The molecule has 0 unspecified atom stereocenters. The van der Waals surface area contributed by atoms with Crippen molar-refractivity contribution in [2.75, 3.05) is 6.54 Å². The van der Waals surface area contributed by atoms with Gasteiger partial charge in [-0.3, -0.25) is 0 Å². The maximum atomic E-state index is 12.1. The summed E-state index contributed by atoms with van der Waals surface area (Å²) in [5.41, 5.74) is 0.998. The zero-order valence-electron chi connectivity index (χ0n) is 10.9. The Morgan fingerprint density at radius 1 is 1.37 bits per heavy atom. The van der Waals surface area contributed by atoms with Crippen LogP contribution in [-0.2, 0) is 11.3 Å². The molecular formula is C15H19NO3. The number of hydrogen-bond donors (Lipinski definition) is 1. The number of benzene rings is 1. The molecule has 0 aromatic heterocycles. The highest BCUT2D eigenvalue weighted by Gasteiger charge is 2.47. The second-order valence-corrected chi connectivity index (χ2v) is 5.41. The SMILES string of the molecule is O=C(OCc1ccccc1)N1CCC[C@H]2[C@H](O)C[C@H]21. The van der Waals surface area contributed by atoms with Gasteiger partial charge >= 0.3 is 6.09 Å². The van der Waals surface area contributed by atoms with Crippen LogP contribution in [0.4, 0.5) is 4.79 Å². The third-order valence-electron chi connectivity index (χ3n) is 4.25. The van der Waals surface area contributed by atoms with Gasteiger partial charge in [-0.05, 0) is 24.8 Å². The second kappa shape index (κ2) is 5.21. The van der Waals surface area contributed by atoms with E-state index in [1.807, 2.05) is 30.3 Å². The molecule has 2 aliphatic rings. The van der Waals surface area contributed by atoms with Crippen molar-refractivity contribution in [3.05, 3.63) is 35.9 Å². The van der Waals surface area contributed by atoms with Crippen molar-refractivity contribution < 1.29 is 14.6 Å². The van der Waals surface area contributed by atoms with Crippen molar-refractivity contribution in [2.24, 2.45) is 5.92 Å². The molecule has 1 aromatic carbocycles. The first-order valence-electron chi connectivity index (χ1n) is 6.91. The molecule has 4 nitrogen and oxygen atoms in total. The maximum Gasteiger partial charge on any atom is 0.410 e. The summed E-state index contributed by atoms with van der Waals surface area (Å²) in [5, 5.41) is 9.67. The fourth-order valence-corrected chi connectivity index (χ4v) is 3.09. The van der Waals surface area contributed by atoms with Crippen LogP contribution in [0.25, 0.3) is 0 Å². The molecule has 1 aromatic rings. The minimum Gasteiger partial charge on any atom is -0.445 e. The third kappa shape index (κ3) is 2.45. The van der Waals surface area contributed by atoms with Gasteiger partial charge in [0.1, 0.15) is 6.61 Å². The predicted octanol–water partition coefficient (Wildman–Crippen LogP) is 2.17. The van der Waals surface area contributed by atoms with Crippen molar-refractivity contribution >= 4 is 6.09 Å². The van der Waals surface area contributed by atoms with Crippen LogP contribution < -0.4 is 0 Å². The zero-order valence-corrected chi connectivity index (χ0v) is 10.9. The molecular weight excluding hydrogens is 242 g/mol. The van der Waals surface area contributed by atoms with E-state index in [1.165, 1.54) is 0 Å². The Kier molecular flexibility index (Phi) is 3.42. The van der Waals surface area contributed by atoms with Gasteiger partial charge in [-0.2, -0.15) is 0 Å². The monoisotopic (exact) mass is 261 g/mol. The van der Waals surface area contributed by atoms with Crippen LogP contribution in [0.15, 0.2) is 30.3 Å². The smallest absolute Gasteiger partial charge is 0.410 e. The minimum absolute atomic E-state index is 0.187. The number of carbonyl (C=O) groups is 1. The molecule has 1 heterocycles. The molecule has 19 heavy (non-hydrogen) atoms. The van der Waals surface area contributed by atoms with E-state index in [2.05, 4.69) is 0 Å². The van der Waals surface area contributed by atoms with Gasteiger partial charge in [0.25, 0.3) is 0 Å². The van der Waals surface area contributed by atoms with Crippen molar-refractivity contribution in [3.8, 4) is 0 Å². The molecule has 1 N–H and O–H groups in total. The molecule has 102 valence electrons. The van der Waals surface area contributed by atoms with E-state index in [4.69, 9.17) is 4.74 Å². The lowest BCUT2D eigenvalue weighted by Crippen LogP contribution is -2.60. The van der Waals surface area contributed by atoms with Crippen LogP contribution in [0.5, 0.6) is 0 Å². The Labute approximate surface area is 113 Å². The predicted molar refractivity (Wildman–Crippen MR) is 70.5 cm³/mol. The fraction of sp³-hybridized carbons (Fsp3) is 0.533. The lowest BCUT2D eigenvalue weighted by atomic mass is 9.71. The number of hydrogen-bond acceptors (Lipinski definition) is 3. The number of fused-ring (bicyclic) bond motifs is 1. The molecule has 1 saturated heterocycles. The van der Waals surface area contributed by atoms with Crippen LogP contribution >= 0.6 is 0 Å². The minimum atomic E-state index is -0.245. The highest BCUT2D eigenvalue weighted by atomic mass is 16.6. The van der Waals surface area contributed by atoms with E-state index in [1.54, 1.807) is 4.90 Å². The van der Waals surface area contributed by atoms with E-state index in [0.717, 1.165) is 24.9 Å². The summed E-state index contributed by atoms with van der Waals surface area (Å²) in [7, 11) is 0. The third-order valence-corrected chi connectivity index (χ3v) is 4.25. The van der Waals surface area contributed by atoms with Gasteiger partial charge in [-0.25, -0.2) is 4.79 Å². The normalized spacial score (nSPS) is 29.3. The average Bonchev–Trinajstić information content (AvgIpc) is 2.44. The van der Waals surface area contributed by atoms with Gasteiger partial charge in [-0.15, -0.1) is 0 Å². The Balaban J connectivity index is 1.55.